The molecule has 0 aliphatic heterocycles. The van der Waals surface area contributed by atoms with Crippen LogP contribution in [-0.2, 0) is 56.0 Å². The maximum absolute atomic E-state index is 14.1. The number of carboxylic acids is 2. The predicted molar refractivity (Wildman–Crippen MR) is 226 cm³/mol. The smallest absolute Gasteiger partial charge is 0.326 e. The first-order chi connectivity index (χ1) is 29.6. The fraction of sp³-hybridized carbons (Fsp3) is 0.500. The minimum Gasteiger partial charge on any atom is -0.508 e. The first-order valence-corrected chi connectivity index (χ1v) is 20.3. The van der Waals surface area contributed by atoms with Crippen LogP contribution in [0.1, 0.15) is 70.9 Å². The number of aliphatic hydroxyl groups is 1. The maximum Gasteiger partial charge on any atom is 0.326 e. The third-order valence-electron chi connectivity index (χ3n) is 9.45. The molecule has 346 valence electrons. The van der Waals surface area contributed by atoms with Crippen molar-refractivity contribution in [2.45, 2.75) is 115 Å². The number of benzene rings is 2. The molecule has 0 saturated heterocycles. The summed E-state index contributed by atoms with van der Waals surface area (Å²) in [5.74, 6) is -9.79. The molecule has 0 fully saturated rings. The lowest BCUT2D eigenvalue weighted by atomic mass is 9.99. The Morgan fingerprint density at radius 1 is 0.556 bits per heavy atom. The van der Waals surface area contributed by atoms with Crippen molar-refractivity contribution < 1.29 is 63.6 Å². The molecule has 7 amide bonds. The standard InChI is InChI=1S/C42H60N8O13/c1-22(2)16-29(46-36(56)27(43)20-35(54)55)39(59)50-33(21-51)41(61)45-28(14-15-34(44)53)37(57)48-31(18-25-10-12-26(52)13-11-25)40(60)47-30(17-23(3)4)38(58)49-32(42(62)63)19-24-8-6-5-7-9-24/h5-13,22-23,27-33,51-52H,14-21,43H2,1-4H3,(H2,44,53)(H,45,61)(H,46,56)(H,47,60)(H,48,57)(H,49,58)(H,50,59)(H,54,55)(H,62,63)/t27-,28-,29-,30-,31-,32-,33-/m0/s1. The van der Waals surface area contributed by atoms with E-state index in [4.69, 9.17) is 16.6 Å². The highest BCUT2D eigenvalue weighted by molar-refractivity contribution is 5.97. The molecule has 0 bridgehead atoms. The molecule has 2 rings (SSSR count). The highest BCUT2D eigenvalue weighted by atomic mass is 16.4. The zero-order chi connectivity index (χ0) is 47.4. The summed E-state index contributed by atoms with van der Waals surface area (Å²) in [7, 11) is 0. The van der Waals surface area contributed by atoms with Crippen LogP contribution in [0, 0.1) is 11.8 Å². The molecule has 21 heteroatoms. The number of nitrogens with two attached hydrogens (primary N) is 2. The van der Waals surface area contributed by atoms with Gasteiger partial charge in [-0.3, -0.25) is 38.4 Å². The first kappa shape index (κ1) is 52.5. The lowest BCUT2D eigenvalue weighted by molar-refractivity contribution is -0.142. The van der Waals surface area contributed by atoms with E-state index in [0.717, 1.165) is 0 Å². The molecule has 0 heterocycles. The summed E-state index contributed by atoms with van der Waals surface area (Å²) in [6, 6.07) is 3.87. The van der Waals surface area contributed by atoms with Crippen molar-refractivity contribution in [3.63, 3.8) is 0 Å². The minimum atomic E-state index is -1.73. The second kappa shape index (κ2) is 26.0. The van der Waals surface area contributed by atoms with Gasteiger partial charge < -0.3 is 63.8 Å². The lowest BCUT2D eigenvalue weighted by Crippen LogP contribution is -2.61. The monoisotopic (exact) mass is 884 g/mol. The number of primary amides is 1. The summed E-state index contributed by atoms with van der Waals surface area (Å²) < 4.78 is 0. The Bertz CT molecular complexity index is 1900. The molecule has 7 atom stereocenters. The molecule has 0 saturated carbocycles. The van der Waals surface area contributed by atoms with Gasteiger partial charge in [0, 0.05) is 19.3 Å². The van der Waals surface area contributed by atoms with Crippen molar-refractivity contribution in [3.8, 4) is 5.75 Å². The van der Waals surface area contributed by atoms with Crippen LogP contribution >= 0.6 is 0 Å². The van der Waals surface area contributed by atoms with Crippen LogP contribution in [0.4, 0.5) is 0 Å². The Hall–Kier alpha value is -6.61. The number of nitrogens with one attached hydrogen (secondary N) is 6. The van der Waals surface area contributed by atoms with Crippen LogP contribution in [0.25, 0.3) is 0 Å². The van der Waals surface area contributed by atoms with E-state index in [-0.39, 0.29) is 43.3 Å². The van der Waals surface area contributed by atoms with E-state index in [9.17, 15) is 58.5 Å². The normalized spacial score (nSPS) is 14.4. The molecule has 21 nitrogen and oxygen atoms in total. The molecule has 0 aliphatic carbocycles. The molecular weight excluding hydrogens is 825 g/mol. The summed E-state index contributed by atoms with van der Waals surface area (Å²) in [5, 5.41) is 53.5. The summed E-state index contributed by atoms with van der Waals surface area (Å²) in [6.45, 7) is 5.97. The molecule has 2 aromatic carbocycles. The Morgan fingerprint density at radius 3 is 1.46 bits per heavy atom. The Kier molecular flexibility index (Phi) is 21.7. The van der Waals surface area contributed by atoms with Crippen molar-refractivity contribution in [1.29, 1.82) is 0 Å². The van der Waals surface area contributed by atoms with Gasteiger partial charge in [-0.2, -0.15) is 0 Å². The van der Waals surface area contributed by atoms with Crippen LogP contribution < -0.4 is 43.4 Å². The van der Waals surface area contributed by atoms with E-state index in [1.54, 1.807) is 58.0 Å². The summed E-state index contributed by atoms with van der Waals surface area (Å²) in [5.41, 5.74) is 12.1. The fourth-order valence-electron chi connectivity index (χ4n) is 6.20. The van der Waals surface area contributed by atoms with E-state index >= 15 is 0 Å². The minimum absolute atomic E-state index is 0.0127. The van der Waals surface area contributed by atoms with E-state index < -0.39 is 121 Å². The summed E-state index contributed by atoms with van der Waals surface area (Å²) in [6.07, 6.45) is -1.82. The van der Waals surface area contributed by atoms with E-state index in [1.807, 2.05) is 0 Å². The fourth-order valence-corrected chi connectivity index (χ4v) is 6.20. The maximum atomic E-state index is 14.1. The second-order valence-electron chi connectivity index (χ2n) is 15.9. The van der Waals surface area contributed by atoms with Crippen molar-refractivity contribution in [1.82, 2.24) is 31.9 Å². The number of carbonyl (C=O) groups excluding carboxylic acids is 7. The molecule has 14 N–H and O–H groups in total. The highest BCUT2D eigenvalue weighted by Crippen LogP contribution is 2.14. The predicted octanol–water partition coefficient (Wildman–Crippen LogP) is -1.68. The molecule has 2 aromatic rings. The van der Waals surface area contributed by atoms with Gasteiger partial charge in [-0.15, -0.1) is 0 Å². The SMILES string of the molecule is CC(C)C[C@H](NC(=O)[C@H](Cc1ccc(O)cc1)NC(=O)[C@H](CCC(N)=O)NC(=O)[C@H](CO)NC(=O)[C@H](CC(C)C)NC(=O)[C@@H](N)CC(=O)O)C(=O)N[C@@H](Cc1ccccc1)C(=O)O. The Balaban J connectivity index is 2.39. The zero-order valence-corrected chi connectivity index (χ0v) is 35.7. The topological polar surface area (TPSA) is 359 Å². The summed E-state index contributed by atoms with van der Waals surface area (Å²) >= 11 is 0. The van der Waals surface area contributed by atoms with E-state index in [1.165, 1.54) is 24.3 Å². The van der Waals surface area contributed by atoms with Crippen molar-refractivity contribution >= 4 is 53.3 Å². The highest BCUT2D eigenvalue weighted by Gasteiger charge is 2.34. The van der Waals surface area contributed by atoms with Crippen LogP contribution in [0.5, 0.6) is 5.75 Å². The third-order valence-corrected chi connectivity index (χ3v) is 9.45. The zero-order valence-electron chi connectivity index (χ0n) is 35.7. The summed E-state index contributed by atoms with van der Waals surface area (Å²) in [4.78, 5) is 116. The lowest BCUT2D eigenvalue weighted by Gasteiger charge is -2.28. The van der Waals surface area contributed by atoms with Gasteiger partial charge in [0.1, 0.15) is 42.0 Å². The number of carbonyl (C=O) groups is 9. The second-order valence-corrected chi connectivity index (χ2v) is 15.9. The molecule has 0 radical (unpaired) electrons. The van der Waals surface area contributed by atoms with Crippen molar-refractivity contribution in [2.24, 2.45) is 23.3 Å². The number of rotatable bonds is 27. The average molecular weight is 885 g/mol. The van der Waals surface area contributed by atoms with Crippen LogP contribution in [0.2, 0.25) is 0 Å². The molecule has 63 heavy (non-hydrogen) atoms. The van der Waals surface area contributed by atoms with Gasteiger partial charge >= 0.3 is 11.9 Å². The van der Waals surface area contributed by atoms with Crippen LogP contribution in [0.15, 0.2) is 54.6 Å². The largest absolute Gasteiger partial charge is 0.508 e. The molecule has 0 spiro atoms. The number of aliphatic hydroxyl groups excluding tert-OH is 1. The molecular formula is C42H60N8O13. The number of phenolic OH excluding ortho intramolecular Hbond substituents is 1. The van der Waals surface area contributed by atoms with Gasteiger partial charge in [0.15, 0.2) is 0 Å². The first-order valence-electron chi connectivity index (χ1n) is 20.3. The van der Waals surface area contributed by atoms with E-state index in [2.05, 4.69) is 31.9 Å². The number of amides is 7. The number of carboxylic acid groups (broad SMARTS) is 2. The molecule has 0 aromatic heterocycles. The quantitative estimate of drug-likeness (QED) is 0.0477. The van der Waals surface area contributed by atoms with Crippen molar-refractivity contribution in [2.75, 3.05) is 6.61 Å². The number of aromatic hydroxyl groups is 1. The Labute approximate surface area is 364 Å². The number of hydrogen-bond acceptors (Lipinski definition) is 12. The van der Waals surface area contributed by atoms with Crippen molar-refractivity contribution in [3.05, 3.63) is 65.7 Å². The number of phenols is 1. The number of hydrogen-bond donors (Lipinski definition) is 12. The van der Waals surface area contributed by atoms with Crippen LogP contribution in [-0.4, -0.2) is 123 Å². The Morgan fingerprint density at radius 2 is 0.968 bits per heavy atom. The van der Waals surface area contributed by atoms with Gasteiger partial charge in [0.05, 0.1) is 19.1 Å². The van der Waals surface area contributed by atoms with Gasteiger partial charge in [0.25, 0.3) is 0 Å². The average Bonchev–Trinajstić information content (AvgIpc) is 3.20. The van der Waals surface area contributed by atoms with Crippen LogP contribution in [0.3, 0.4) is 0 Å². The van der Waals surface area contributed by atoms with Gasteiger partial charge in [-0.05, 0) is 54.4 Å². The third kappa shape index (κ3) is 19.3. The van der Waals surface area contributed by atoms with Gasteiger partial charge in [-0.1, -0.05) is 70.2 Å². The van der Waals surface area contributed by atoms with Gasteiger partial charge in [-0.25, -0.2) is 4.79 Å². The molecule has 0 unspecified atom stereocenters. The molecule has 0 aliphatic rings. The van der Waals surface area contributed by atoms with Gasteiger partial charge in [0.2, 0.25) is 41.4 Å². The number of aliphatic carboxylic acids is 2. The van der Waals surface area contributed by atoms with E-state index in [0.29, 0.717) is 11.1 Å².